The largest absolute Gasteiger partial charge is 0.287 e. The SMILES string of the molecule is Cc1cccc2c3ccccc3n(-c3cc(-c4ccc(F)cc4)cc[n+]3C)c12. The third-order valence-electron chi connectivity index (χ3n) is 5.43. The van der Waals surface area contributed by atoms with Crippen LogP contribution in [0, 0.1) is 12.7 Å². The Labute approximate surface area is 163 Å². The van der Waals surface area contributed by atoms with E-state index in [0.717, 1.165) is 16.9 Å². The highest BCUT2D eigenvalue weighted by atomic mass is 19.1. The van der Waals surface area contributed by atoms with Crippen molar-refractivity contribution >= 4 is 21.8 Å². The first-order valence-corrected chi connectivity index (χ1v) is 9.38. The molecule has 0 aliphatic carbocycles. The van der Waals surface area contributed by atoms with Crippen molar-refractivity contribution in [1.29, 1.82) is 0 Å². The zero-order valence-electron chi connectivity index (χ0n) is 15.9. The fourth-order valence-corrected chi connectivity index (χ4v) is 4.03. The summed E-state index contributed by atoms with van der Waals surface area (Å²) in [5.74, 6) is 0.853. The van der Waals surface area contributed by atoms with Crippen molar-refractivity contribution in [1.82, 2.24) is 4.57 Å². The molecule has 0 aliphatic heterocycles. The number of hydrogen-bond acceptors (Lipinski definition) is 0. The fraction of sp³-hybridized carbons (Fsp3) is 0.0800. The molecule has 0 atom stereocenters. The van der Waals surface area contributed by atoms with Crippen molar-refractivity contribution in [3.05, 3.63) is 96.4 Å². The quantitative estimate of drug-likeness (QED) is 0.353. The van der Waals surface area contributed by atoms with Gasteiger partial charge in [-0.15, -0.1) is 0 Å². The summed E-state index contributed by atoms with van der Waals surface area (Å²) >= 11 is 0. The van der Waals surface area contributed by atoms with E-state index in [1.165, 1.54) is 39.5 Å². The van der Waals surface area contributed by atoms with Crippen molar-refractivity contribution in [3.63, 3.8) is 0 Å². The minimum atomic E-state index is -0.219. The lowest BCUT2D eigenvalue weighted by Crippen LogP contribution is -2.33. The van der Waals surface area contributed by atoms with Crippen molar-refractivity contribution in [2.75, 3.05) is 0 Å². The molecule has 0 saturated carbocycles. The maximum Gasteiger partial charge on any atom is 0.287 e. The monoisotopic (exact) mass is 367 g/mol. The third-order valence-corrected chi connectivity index (χ3v) is 5.43. The number of hydrogen-bond donors (Lipinski definition) is 0. The average Bonchev–Trinajstić information content (AvgIpc) is 3.05. The van der Waals surface area contributed by atoms with Gasteiger partial charge in [-0.3, -0.25) is 0 Å². The number of pyridine rings is 1. The first-order chi connectivity index (χ1) is 13.6. The number of nitrogens with zero attached hydrogens (tertiary/aromatic N) is 2. The van der Waals surface area contributed by atoms with Gasteiger partial charge >= 0.3 is 0 Å². The van der Waals surface area contributed by atoms with Crippen LogP contribution >= 0.6 is 0 Å². The molecule has 0 aliphatic rings. The van der Waals surface area contributed by atoms with Gasteiger partial charge in [0, 0.05) is 16.8 Å². The highest BCUT2D eigenvalue weighted by Gasteiger charge is 2.22. The Balaban J connectivity index is 1.85. The van der Waals surface area contributed by atoms with E-state index in [2.05, 4.69) is 83.9 Å². The van der Waals surface area contributed by atoms with Crippen LogP contribution in [-0.4, -0.2) is 4.57 Å². The van der Waals surface area contributed by atoms with Gasteiger partial charge in [-0.1, -0.05) is 36.4 Å². The number of halogens is 1. The zero-order valence-corrected chi connectivity index (χ0v) is 15.9. The minimum Gasteiger partial charge on any atom is -0.237 e. The Morgan fingerprint density at radius 1 is 0.786 bits per heavy atom. The summed E-state index contributed by atoms with van der Waals surface area (Å²) in [6.07, 6.45) is 2.06. The van der Waals surface area contributed by atoms with Gasteiger partial charge in [-0.2, -0.15) is 4.57 Å². The fourth-order valence-electron chi connectivity index (χ4n) is 4.03. The molecule has 0 spiro atoms. The van der Waals surface area contributed by atoms with Crippen LogP contribution in [0.3, 0.4) is 0 Å². The molecule has 0 bridgehead atoms. The van der Waals surface area contributed by atoms with Gasteiger partial charge in [0.2, 0.25) is 0 Å². The van der Waals surface area contributed by atoms with Crippen LogP contribution in [0.25, 0.3) is 38.8 Å². The van der Waals surface area contributed by atoms with E-state index in [4.69, 9.17) is 0 Å². The summed E-state index contributed by atoms with van der Waals surface area (Å²) in [7, 11) is 2.06. The Morgan fingerprint density at radius 2 is 1.54 bits per heavy atom. The topological polar surface area (TPSA) is 8.81 Å². The lowest BCUT2D eigenvalue weighted by atomic mass is 10.1. The Bertz CT molecular complexity index is 1330. The van der Waals surface area contributed by atoms with E-state index in [0.29, 0.717) is 0 Å². The molecule has 3 heteroatoms. The Hall–Kier alpha value is -3.46. The Morgan fingerprint density at radius 3 is 2.36 bits per heavy atom. The zero-order chi connectivity index (χ0) is 19.3. The van der Waals surface area contributed by atoms with E-state index in [1.807, 2.05) is 12.1 Å². The molecule has 5 aromatic rings. The second-order valence-electron chi connectivity index (χ2n) is 7.22. The first-order valence-electron chi connectivity index (χ1n) is 9.38. The highest BCUT2D eigenvalue weighted by molar-refractivity contribution is 6.10. The van der Waals surface area contributed by atoms with E-state index < -0.39 is 0 Å². The van der Waals surface area contributed by atoms with Crippen LogP contribution in [0.2, 0.25) is 0 Å². The molecule has 0 N–H and O–H groups in total. The molecular weight excluding hydrogens is 347 g/mol. The summed E-state index contributed by atoms with van der Waals surface area (Å²) in [6, 6.07) is 25.9. The number of aryl methyl sites for hydroxylation is 2. The summed E-state index contributed by atoms with van der Waals surface area (Å²) in [5.41, 5.74) is 5.70. The van der Waals surface area contributed by atoms with Crippen molar-refractivity contribution in [3.8, 4) is 16.9 Å². The van der Waals surface area contributed by atoms with Crippen LogP contribution in [0.5, 0.6) is 0 Å². The Kier molecular flexibility index (Phi) is 3.76. The van der Waals surface area contributed by atoms with Crippen LogP contribution in [-0.2, 0) is 7.05 Å². The molecule has 28 heavy (non-hydrogen) atoms. The van der Waals surface area contributed by atoms with Crippen LogP contribution in [0.1, 0.15) is 5.56 Å². The van der Waals surface area contributed by atoms with E-state index in [-0.39, 0.29) is 5.82 Å². The van der Waals surface area contributed by atoms with Gasteiger partial charge in [-0.05, 0) is 60.0 Å². The molecule has 2 aromatic heterocycles. The number of aromatic nitrogens is 2. The molecule has 0 radical (unpaired) electrons. The summed E-state index contributed by atoms with van der Waals surface area (Å²) < 4.78 is 17.8. The number of rotatable bonds is 2. The van der Waals surface area contributed by atoms with Crippen LogP contribution < -0.4 is 4.57 Å². The lowest BCUT2D eigenvalue weighted by Gasteiger charge is -2.08. The maximum absolute atomic E-state index is 13.4. The molecule has 2 nitrogen and oxygen atoms in total. The highest BCUT2D eigenvalue weighted by Crippen LogP contribution is 2.33. The van der Waals surface area contributed by atoms with Gasteiger partial charge < -0.3 is 0 Å². The average molecular weight is 367 g/mol. The minimum absolute atomic E-state index is 0.219. The predicted octanol–water partition coefficient (Wildman–Crippen LogP) is 5.72. The predicted molar refractivity (Wildman–Crippen MR) is 112 cm³/mol. The molecule has 136 valence electrons. The standard InChI is InChI=1S/C25H20FN2/c1-17-6-5-8-22-21-7-3-4-9-23(21)28(25(17)22)24-16-19(14-15-27(24)2)18-10-12-20(26)13-11-18/h3-16H,1-2H3/q+1. The van der Waals surface area contributed by atoms with Crippen LogP contribution in [0.4, 0.5) is 4.39 Å². The van der Waals surface area contributed by atoms with Gasteiger partial charge in [0.05, 0.1) is 13.2 Å². The smallest absolute Gasteiger partial charge is 0.237 e. The third kappa shape index (κ3) is 2.51. The van der Waals surface area contributed by atoms with Crippen LogP contribution in [0.15, 0.2) is 85.1 Å². The van der Waals surface area contributed by atoms with Gasteiger partial charge in [0.1, 0.15) is 16.9 Å². The summed E-state index contributed by atoms with van der Waals surface area (Å²) in [4.78, 5) is 0. The summed E-state index contributed by atoms with van der Waals surface area (Å²) in [6.45, 7) is 2.15. The molecule has 0 amide bonds. The van der Waals surface area contributed by atoms with Crippen molar-refractivity contribution in [2.45, 2.75) is 6.92 Å². The molecular formula is C25H20FN2+. The van der Waals surface area contributed by atoms with Gasteiger partial charge in [-0.25, -0.2) is 8.96 Å². The lowest BCUT2D eigenvalue weighted by molar-refractivity contribution is -0.665. The van der Waals surface area contributed by atoms with E-state index in [9.17, 15) is 4.39 Å². The molecule has 0 saturated heterocycles. The van der Waals surface area contributed by atoms with E-state index in [1.54, 1.807) is 0 Å². The van der Waals surface area contributed by atoms with E-state index >= 15 is 0 Å². The molecule has 2 heterocycles. The molecule has 5 rings (SSSR count). The van der Waals surface area contributed by atoms with Gasteiger partial charge in [0.25, 0.3) is 5.82 Å². The second kappa shape index (κ2) is 6.31. The number of fused-ring (bicyclic) bond motifs is 3. The van der Waals surface area contributed by atoms with Crippen molar-refractivity contribution < 1.29 is 8.96 Å². The molecule has 0 fully saturated rings. The first kappa shape index (κ1) is 16.7. The normalized spacial score (nSPS) is 11.4. The maximum atomic E-state index is 13.4. The number of benzene rings is 3. The second-order valence-corrected chi connectivity index (χ2v) is 7.22. The van der Waals surface area contributed by atoms with Gasteiger partial charge in [0.15, 0.2) is 0 Å². The summed E-state index contributed by atoms with van der Waals surface area (Å²) in [5, 5.41) is 2.50. The molecule has 3 aromatic carbocycles. The molecule has 0 unspecified atom stereocenters. The number of para-hydroxylation sites is 2. The van der Waals surface area contributed by atoms with Crippen molar-refractivity contribution in [2.24, 2.45) is 7.05 Å².